The molecule has 26 heavy (non-hydrogen) atoms. The molecule has 3 heterocycles. The van der Waals surface area contributed by atoms with Gasteiger partial charge in [-0.15, -0.1) is 0 Å². The molecule has 8 heteroatoms. The molecule has 0 unspecified atom stereocenters. The third-order valence-corrected chi connectivity index (χ3v) is 5.36. The normalized spacial score (nSPS) is 18.3. The van der Waals surface area contributed by atoms with E-state index < -0.39 is 0 Å². The van der Waals surface area contributed by atoms with Crippen LogP contribution in [-0.2, 0) is 9.47 Å². The van der Waals surface area contributed by atoms with E-state index >= 15 is 0 Å². The van der Waals surface area contributed by atoms with E-state index in [4.69, 9.17) is 13.9 Å². The number of carbonyl (C=O) groups excluding carboxylic acids is 1. The number of fused-ring (bicyclic) bond motifs is 1. The minimum Gasteiger partial charge on any atom is -0.439 e. The van der Waals surface area contributed by atoms with Crippen LogP contribution in [0.1, 0.15) is 10.4 Å². The molecule has 0 saturated carbocycles. The third-order valence-electron chi connectivity index (χ3n) is 4.66. The maximum absolute atomic E-state index is 12.8. The fourth-order valence-corrected chi connectivity index (χ4v) is 3.76. The molecule has 1 aromatic heterocycles. The molecule has 7 nitrogen and oxygen atoms in total. The monoisotopic (exact) mass is 422 g/mol. The SMILES string of the molecule is O=C(c1ccc2oc(N3CCOCC3)c(Br)c(=O)c2c1)N1CCOCC1. The Labute approximate surface area is 158 Å². The van der Waals surface area contributed by atoms with Crippen molar-refractivity contribution in [3.63, 3.8) is 0 Å². The lowest BCUT2D eigenvalue weighted by Crippen LogP contribution is -2.40. The summed E-state index contributed by atoms with van der Waals surface area (Å²) in [5, 5.41) is 0.396. The second-order valence-electron chi connectivity index (χ2n) is 6.27. The van der Waals surface area contributed by atoms with Gasteiger partial charge in [0.05, 0.1) is 31.8 Å². The van der Waals surface area contributed by atoms with Crippen molar-refractivity contribution in [2.24, 2.45) is 0 Å². The predicted octanol–water partition coefficient (Wildman–Crippen LogP) is 1.86. The van der Waals surface area contributed by atoms with Gasteiger partial charge < -0.3 is 23.7 Å². The van der Waals surface area contributed by atoms with Crippen molar-refractivity contribution in [1.82, 2.24) is 4.90 Å². The zero-order valence-electron chi connectivity index (χ0n) is 14.2. The molecule has 2 aromatic rings. The van der Waals surface area contributed by atoms with Crippen molar-refractivity contribution in [2.75, 3.05) is 57.5 Å². The quantitative estimate of drug-likeness (QED) is 0.735. The van der Waals surface area contributed by atoms with Gasteiger partial charge in [0.15, 0.2) is 0 Å². The van der Waals surface area contributed by atoms with E-state index in [1.165, 1.54) is 0 Å². The Hall–Kier alpha value is -1.90. The van der Waals surface area contributed by atoms with Crippen LogP contribution in [-0.4, -0.2) is 63.4 Å². The van der Waals surface area contributed by atoms with Crippen molar-refractivity contribution in [3.8, 4) is 0 Å². The fraction of sp³-hybridized carbons (Fsp3) is 0.444. The van der Waals surface area contributed by atoms with Gasteiger partial charge in [-0.05, 0) is 34.1 Å². The van der Waals surface area contributed by atoms with Crippen LogP contribution in [0, 0.1) is 0 Å². The van der Waals surface area contributed by atoms with Gasteiger partial charge in [0.1, 0.15) is 10.1 Å². The lowest BCUT2D eigenvalue weighted by molar-refractivity contribution is 0.0303. The van der Waals surface area contributed by atoms with Crippen LogP contribution in [0.2, 0.25) is 0 Å². The van der Waals surface area contributed by atoms with Crippen molar-refractivity contribution in [3.05, 3.63) is 38.5 Å². The molecular formula is C18H19BrN2O5. The summed E-state index contributed by atoms with van der Waals surface area (Å²) in [6.07, 6.45) is 0. The summed E-state index contributed by atoms with van der Waals surface area (Å²) in [4.78, 5) is 29.2. The van der Waals surface area contributed by atoms with Crippen LogP contribution in [0.15, 0.2) is 31.9 Å². The van der Waals surface area contributed by atoms with Crippen LogP contribution >= 0.6 is 15.9 Å². The zero-order valence-corrected chi connectivity index (χ0v) is 15.8. The van der Waals surface area contributed by atoms with Gasteiger partial charge in [0.25, 0.3) is 5.91 Å². The number of rotatable bonds is 2. The highest BCUT2D eigenvalue weighted by Crippen LogP contribution is 2.29. The molecule has 1 aromatic carbocycles. The maximum Gasteiger partial charge on any atom is 0.254 e. The molecular weight excluding hydrogens is 404 g/mol. The van der Waals surface area contributed by atoms with Gasteiger partial charge in [-0.3, -0.25) is 9.59 Å². The van der Waals surface area contributed by atoms with Crippen LogP contribution in [0.4, 0.5) is 5.88 Å². The molecule has 2 aliphatic heterocycles. The first kappa shape index (κ1) is 17.5. The number of morpholine rings is 2. The van der Waals surface area contributed by atoms with Gasteiger partial charge in [-0.2, -0.15) is 0 Å². The summed E-state index contributed by atoms with van der Waals surface area (Å²) in [5.41, 5.74) is 0.778. The molecule has 4 rings (SSSR count). The Bertz CT molecular complexity index is 885. The predicted molar refractivity (Wildman–Crippen MR) is 99.9 cm³/mol. The summed E-state index contributed by atoms with van der Waals surface area (Å²) < 4.78 is 17.0. The maximum atomic E-state index is 12.8. The minimum absolute atomic E-state index is 0.0945. The molecule has 2 aliphatic rings. The van der Waals surface area contributed by atoms with E-state index in [9.17, 15) is 9.59 Å². The Morgan fingerprint density at radius 1 is 1.00 bits per heavy atom. The molecule has 2 saturated heterocycles. The van der Waals surface area contributed by atoms with E-state index in [-0.39, 0.29) is 11.3 Å². The fourth-order valence-electron chi connectivity index (χ4n) is 3.21. The van der Waals surface area contributed by atoms with Gasteiger partial charge in [0.2, 0.25) is 11.3 Å². The van der Waals surface area contributed by atoms with Crippen molar-refractivity contribution in [1.29, 1.82) is 0 Å². The Morgan fingerprint density at radius 2 is 1.65 bits per heavy atom. The van der Waals surface area contributed by atoms with Crippen molar-refractivity contribution < 1.29 is 18.7 Å². The molecule has 0 aliphatic carbocycles. The lowest BCUT2D eigenvalue weighted by atomic mass is 10.1. The summed E-state index contributed by atoms with van der Waals surface area (Å²) in [6, 6.07) is 5.02. The first-order valence-electron chi connectivity index (χ1n) is 8.61. The third kappa shape index (κ3) is 3.24. The van der Waals surface area contributed by atoms with Gasteiger partial charge in [-0.25, -0.2) is 0 Å². The van der Waals surface area contributed by atoms with Crippen LogP contribution in [0.25, 0.3) is 11.0 Å². The van der Waals surface area contributed by atoms with Crippen LogP contribution in [0.5, 0.6) is 0 Å². The second-order valence-corrected chi connectivity index (χ2v) is 7.06. The van der Waals surface area contributed by atoms with E-state index in [1.807, 2.05) is 4.90 Å². The van der Waals surface area contributed by atoms with Gasteiger partial charge in [-0.1, -0.05) is 0 Å². The minimum atomic E-state index is -0.177. The number of anilines is 1. The topological polar surface area (TPSA) is 72.2 Å². The molecule has 0 bridgehead atoms. The van der Waals surface area contributed by atoms with Crippen LogP contribution < -0.4 is 10.3 Å². The van der Waals surface area contributed by atoms with E-state index in [0.29, 0.717) is 79.5 Å². The van der Waals surface area contributed by atoms with E-state index in [2.05, 4.69) is 15.9 Å². The number of carbonyl (C=O) groups is 1. The lowest BCUT2D eigenvalue weighted by Gasteiger charge is -2.28. The molecule has 1 amide bonds. The molecule has 2 fully saturated rings. The van der Waals surface area contributed by atoms with Crippen molar-refractivity contribution >= 4 is 38.7 Å². The average Bonchev–Trinajstić information content (AvgIpc) is 2.71. The summed E-state index contributed by atoms with van der Waals surface area (Å²) in [5.74, 6) is 0.418. The largest absolute Gasteiger partial charge is 0.439 e. The van der Waals surface area contributed by atoms with Crippen molar-refractivity contribution in [2.45, 2.75) is 0 Å². The summed E-state index contributed by atoms with van der Waals surface area (Å²) >= 11 is 3.37. The average molecular weight is 423 g/mol. The highest BCUT2D eigenvalue weighted by molar-refractivity contribution is 9.10. The number of nitrogens with zero attached hydrogens (tertiary/aromatic N) is 2. The number of benzene rings is 1. The Morgan fingerprint density at radius 3 is 2.35 bits per heavy atom. The Balaban J connectivity index is 1.71. The number of amides is 1. The number of ether oxygens (including phenoxy) is 2. The number of hydrogen-bond donors (Lipinski definition) is 0. The molecule has 138 valence electrons. The smallest absolute Gasteiger partial charge is 0.254 e. The first-order chi connectivity index (χ1) is 12.6. The summed E-state index contributed by atoms with van der Waals surface area (Å²) in [6.45, 7) is 4.73. The number of hydrogen-bond acceptors (Lipinski definition) is 6. The van der Waals surface area contributed by atoms with Crippen LogP contribution in [0.3, 0.4) is 0 Å². The van der Waals surface area contributed by atoms with Gasteiger partial charge >= 0.3 is 0 Å². The molecule has 0 spiro atoms. The summed E-state index contributed by atoms with van der Waals surface area (Å²) in [7, 11) is 0. The highest BCUT2D eigenvalue weighted by Gasteiger charge is 2.23. The Kier molecular flexibility index (Phi) is 4.97. The number of halogens is 1. The zero-order chi connectivity index (χ0) is 18.1. The standard InChI is InChI=1S/C18H19BrN2O5/c19-15-16(22)13-11-12(17(23)20-3-7-24-8-4-20)1-2-14(13)26-18(15)21-5-9-25-10-6-21/h1-2,11H,3-10H2. The van der Waals surface area contributed by atoms with E-state index in [0.717, 1.165) is 0 Å². The second kappa shape index (κ2) is 7.38. The highest BCUT2D eigenvalue weighted by atomic mass is 79.9. The van der Waals surface area contributed by atoms with E-state index in [1.54, 1.807) is 23.1 Å². The first-order valence-corrected chi connectivity index (χ1v) is 9.40. The molecule has 0 atom stereocenters. The molecule has 0 N–H and O–H groups in total. The van der Waals surface area contributed by atoms with Gasteiger partial charge in [0, 0.05) is 31.7 Å². The molecule has 0 radical (unpaired) electrons.